The summed E-state index contributed by atoms with van der Waals surface area (Å²) < 4.78 is 50.9. The van der Waals surface area contributed by atoms with Crippen molar-refractivity contribution < 1.29 is 16.8 Å². The lowest BCUT2D eigenvalue weighted by Gasteiger charge is -2.11. The van der Waals surface area contributed by atoms with Crippen molar-refractivity contribution in [3.63, 3.8) is 0 Å². The fourth-order valence-electron chi connectivity index (χ4n) is 3.35. The molecular formula is C19H21N3O4S2. The molecule has 2 aromatic rings. The van der Waals surface area contributed by atoms with E-state index in [1.54, 1.807) is 36.7 Å². The topological polar surface area (TPSA) is 110 Å². The first-order valence-corrected chi connectivity index (χ1v) is 12.1. The molecule has 0 unspecified atom stereocenters. The Bertz CT molecular complexity index is 1200. The molecule has 0 amide bonds. The fourth-order valence-corrected chi connectivity index (χ4v) is 6.19. The number of benzene rings is 1. The monoisotopic (exact) mass is 419 g/mol. The van der Waals surface area contributed by atoms with Gasteiger partial charge in [-0.15, -0.1) is 0 Å². The Labute approximate surface area is 165 Å². The summed E-state index contributed by atoms with van der Waals surface area (Å²) in [6, 6.07) is 7.82. The third-order valence-corrected chi connectivity index (χ3v) is 8.37. The number of nitrogens with zero attached hydrogens (tertiary/aromatic N) is 3. The van der Waals surface area contributed by atoms with E-state index in [2.05, 4.69) is 5.10 Å². The maximum Gasteiger partial charge on any atom is 0.216 e. The largest absolute Gasteiger partial charge is 0.265 e. The lowest BCUT2D eigenvalue weighted by Crippen LogP contribution is -2.14. The van der Waals surface area contributed by atoms with Crippen molar-refractivity contribution in [3.8, 4) is 6.07 Å². The van der Waals surface area contributed by atoms with Crippen molar-refractivity contribution in [2.24, 2.45) is 0 Å². The minimum absolute atomic E-state index is 0.0187. The van der Waals surface area contributed by atoms with Crippen LogP contribution in [0.25, 0.3) is 6.08 Å². The zero-order valence-corrected chi connectivity index (χ0v) is 17.5. The van der Waals surface area contributed by atoms with E-state index in [1.165, 1.54) is 18.2 Å². The lowest BCUT2D eigenvalue weighted by atomic mass is 10.1. The second-order valence-electron chi connectivity index (χ2n) is 7.02. The van der Waals surface area contributed by atoms with Gasteiger partial charge in [0.25, 0.3) is 0 Å². The van der Waals surface area contributed by atoms with Gasteiger partial charge in [-0.25, -0.2) is 16.8 Å². The zero-order chi connectivity index (χ0) is 20.7. The van der Waals surface area contributed by atoms with Gasteiger partial charge in [0.15, 0.2) is 9.84 Å². The van der Waals surface area contributed by atoms with Crippen LogP contribution in [0.3, 0.4) is 0 Å². The average molecular weight is 420 g/mol. The van der Waals surface area contributed by atoms with Gasteiger partial charge in [-0.05, 0) is 45.4 Å². The summed E-state index contributed by atoms with van der Waals surface area (Å²) in [4.78, 5) is -0.323. The Morgan fingerprint density at radius 2 is 1.89 bits per heavy atom. The van der Waals surface area contributed by atoms with Crippen LogP contribution in [-0.2, 0) is 19.7 Å². The minimum atomic E-state index is -3.96. The first-order chi connectivity index (χ1) is 13.0. The Kier molecular flexibility index (Phi) is 5.21. The van der Waals surface area contributed by atoms with Crippen LogP contribution in [0.1, 0.15) is 35.0 Å². The van der Waals surface area contributed by atoms with E-state index in [0.717, 1.165) is 5.56 Å². The van der Waals surface area contributed by atoms with Gasteiger partial charge in [0.1, 0.15) is 11.0 Å². The Morgan fingerprint density at radius 1 is 1.25 bits per heavy atom. The highest BCUT2D eigenvalue weighted by Gasteiger charge is 2.31. The molecule has 1 aromatic heterocycles. The lowest BCUT2D eigenvalue weighted by molar-refractivity contribution is 0.486. The standard InChI is InChI=1S/C19H21N3O4S2/c1-13-4-6-17(7-5-13)28(25,26)18(11-20)10-19-14(2)21-22(15(19)3)16-8-9-27(23,24)12-16/h4-7,10,16H,8-9,12H2,1-3H3/b18-10+/t16-/m0/s1. The van der Waals surface area contributed by atoms with Gasteiger partial charge in [0.05, 0.1) is 28.1 Å². The fraction of sp³-hybridized carbons (Fsp3) is 0.368. The quantitative estimate of drug-likeness (QED) is 0.704. The second kappa shape index (κ2) is 7.18. The first kappa shape index (κ1) is 20.3. The van der Waals surface area contributed by atoms with Crippen molar-refractivity contribution >= 4 is 25.8 Å². The van der Waals surface area contributed by atoms with Crippen LogP contribution in [0.4, 0.5) is 0 Å². The Hall–Kier alpha value is -2.44. The average Bonchev–Trinajstić information content (AvgIpc) is 3.12. The molecule has 9 heteroatoms. The van der Waals surface area contributed by atoms with Crippen LogP contribution in [0.5, 0.6) is 0 Å². The van der Waals surface area contributed by atoms with E-state index < -0.39 is 19.7 Å². The molecular weight excluding hydrogens is 398 g/mol. The van der Waals surface area contributed by atoms with E-state index in [-0.39, 0.29) is 27.3 Å². The van der Waals surface area contributed by atoms with Crippen LogP contribution in [0.15, 0.2) is 34.1 Å². The molecule has 1 fully saturated rings. The maximum absolute atomic E-state index is 12.9. The van der Waals surface area contributed by atoms with Gasteiger partial charge in [0, 0.05) is 11.3 Å². The smallest absolute Gasteiger partial charge is 0.216 e. The van der Waals surface area contributed by atoms with E-state index in [4.69, 9.17) is 0 Å². The molecule has 0 N–H and O–H groups in total. The minimum Gasteiger partial charge on any atom is -0.265 e. The van der Waals surface area contributed by atoms with Crippen molar-refractivity contribution in [3.05, 3.63) is 51.7 Å². The van der Waals surface area contributed by atoms with Crippen molar-refractivity contribution in [2.75, 3.05) is 11.5 Å². The second-order valence-corrected chi connectivity index (χ2v) is 11.2. The molecule has 1 aromatic carbocycles. The van der Waals surface area contributed by atoms with Crippen LogP contribution >= 0.6 is 0 Å². The number of rotatable bonds is 4. The summed E-state index contributed by atoms with van der Waals surface area (Å²) >= 11 is 0. The number of aromatic nitrogens is 2. The summed E-state index contributed by atoms with van der Waals surface area (Å²) in [5.74, 6) is 0.136. The molecule has 0 spiro atoms. The highest BCUT2D eigenvalue weighted by Crippen LogP contribution is 2.29. The van der Waals surface area contributed by atoms with Crippen LogP contribution in [0.2, 0.25) is 0 Å². The van der Waals surface area contributed by atoms with Gasteiger partial charge < -0.3 is 0 Å². The normalized spacial score (nSPS) is 19.5. The molecule has 1 saturated heterocycles. The van der Waals surface area contributed by atoms with Crippen molar-refractivity contribution in [2.45, 2.75) is 38.1 Å². The van der Waals surface area contributed by atoms with Crippen LogP contribution in [0, 0.1) is 32.1 Å². The molecule has 1 aliphatic heterocycles. The number of hydrogen-bond donors (Lipinski definition) is 0. The molecule has 0 bridgehead atoms. The predicted molar refractivity (Wildman–Crippen MR) is 106 cm³/mol. The van der Waals surface area contributed by atoms with Crippen molar-refractivity contribution in [1.29, 1.82) is 5.26 Å². The third-order valence-electron chi connectivity index (χ3n) is 4.94. The molecule has 148 valence electrons. The molecule has 7 nitrogen and oxygen atoms in total. The molecule has 28 heavy (non-hydrogen) atoms. The van der Waals surface area contributed by atoms with E-state index in [1.807, 2.05) is 6.92 Å². The Morgan fingerprint density at radius 3 is 2.43 bits per heavy atom. The van der Waals surface area contributed by atoms with E-state index in [0.29, 0.717) is 23.4 Å². The molecule has 0 saturated carbocycles. The third kappa shape index (κ3) is 3.75. The van der Waals surface area contributed by atoms with Crippen molar-refractivity contribution in [1.82, 2.24) is 9.78 Å². The van der Waals surface area contributed by atoms with Gasteiger partial charge in [-0.1, -0.05) is 17.7 Å². The van der Waals surface area contributed by atoms with E-state index in [9.17, 15) is 22.1 Å². The number of nitriles is 1. The molecule has 1 aliphatic rings. The summed E-state index contributed by atoms with van der Waals surface area (Å²) in [6.07, 6.45) is 1.80. The first-order valence-electron chi connectivity index (χ1n) is 8.75. The summed E-state index contributed by atoms with van der Waals surface area (Å²) in [6.45, 7) is 5.32. The molecule has 3 rings (SSSR count). The summed E-state index contributed by atoms with van der Waals surface area (Å²) in [5, 5.41) is 13.9. The van der Waals surface area contributed by atoms with Gasteiger partial charge >= 0.3 is 0 Å². The highest BCUT2D eigenvalue weighted by atomic mass is 32.2. The zero-order valence-electron chi connectivity index (χ0n) is 15.9. The number of aryl methyl sites for hydroxylation is 2. The summed E-state index contributed by atoms with van der Waals surface area (Å²) in [5.41, 5.74) is 2.64. The highest BCUT2D eigenvalue weighted by molar-refractivity contribution is 7.95. The van der Waals surface area contributed by atoms with Gasteiger partial charge in [-0.2, -0.15) is 10.4 Å². The predicted octanol–water partition coefficient (Wildman–Crippen LogP) is 2.51. The van der Waals surface area contributed by atoms with Crippen LogP contribution in [-0.4, -0.2) is 38.1 Å². The van der Waals surface area contributed by atoms with Gasteiger partial charge in [0.2, 0.25) is 9.84 Å². The maximum atomic E-state index is 12.9. The molecule has 1 atom stereocenters. The van der Waals surface area contributed by atoms with Crippen LogP contribution < -0.4 is 0 Å². The molecule has 0 aliphatic carbocycles. The van der Waals surface area contributed by atoms with E-state index >= 15 is 0 Å². The molecule has 0 radical (unpaired) electrons. The number of sulfone groups is 2. The SMILES string of the molecule is Cc1ccc(S(=O)(=O)/C(C#N)=C/c2c(C)nn([C@H]3CCS(=O)(=O)C3)c2C)cc1. The number of hydrogen-bond acceptors (Lipinski definition) is 6. The van der Waals surface area contributed by atoms with Gasteiger partial charge in [-0.3, -0.25) is 4.68 Å². The molecule has 2 heterocycles. The summed E-state index contributed by atoms with van der Waals surface area (Å²) in [7, 11) is -7.04. The number of allylic oxidation sites excluding steroid dienone is 1. The Balaban J connectivity index is 2.04.